The van der Waals surface area contributed by atoms with Crippen LogP contribution in [0.4, 0.5) is 5.69 Å². The zero-order valence-electron chi connectivity index (χ0n) is 13.4. The normalized spacial score (nSPS) is 10.4. The van der Waals surface area contributed by atoms with Gasteiger partial charge in [0.25, 0.3) is 5.91 Å². The second-order valence-electron chi connectivity index (χ2n) is 5.38. The van der Waals surface area contributed by atoms with Crippen LogP contribution in [0, 0.1) is 0 Å². The largest absolute Gasteiger partial charge is 0.370 e. The van der Waals surface area contributed by atoms with Crippen LogP contribution in [0.25, 0.3) is 5.82 Å². The maximum absolute atomic E-state index is 12.9. The fraction of sp³-hybridized carbons (Fsp3) is 0.111. The summed E-state index contributed by atoms with van der Waals surface area (Å²) < 4.78 is 1.75. The molecular formula is C18H17N5O2. The van der Waals surface area contributed by atoms with Crippen LogP contribution in [-0.4, -0.2) is 32.9 Å². The molecule has 0 saturated carbocycles. The molecule has 2 amide bonds. The first kappa shape index (κ1) is 16.4. The Bertz CT molecular complexity index is 845. The summed E-state index contributed by atoms with van der Waals surface area (Å²) >= 11 is 0. The van der Waals surface area contributed by atoms with E-state index >= 15 is 0 Å². The van der Waals surface area contributed by atoms with Gasteiger partial charge in [-0.25, -0.2) is 9.97 Å². The number of nitrogens with zero attached hydrogens (tertiary/aromatic N) is 4. The van der Waals surface area contributed by atoms with E-state index in [4.69, 9.17) is 5.73 Å². The van der Waals surface area contributed by atoms with E-state index in [2.05, 4.69) is 9.97 Å². The van der Waals surface area contributed by atoms with Gasteiger partial charge in [-0.3, -0.25) is 14.2 Å². The minimum atomic E-state index is -0.456. The smallest absolute Gasteiger partial charge is 0.259 e. The first-order valence-corrected chi connectivity index (χ1v) is 7.75. The Kier molecular flexibility index (Phi) is 4.84. The monoisotopic (exact) mass is 335 g/mol. The maximum Gasteiger partial charge on any atom is 0.259 e. The first-order chi connectivity index (χ1) is 12.1. The van der Waals surface area contributed by atoms with E-state index in [1.165, 1.54) is 11.1 Å². The number of benzene rings is 1. The summed E-state index contributed by atoms with van der Waals surface area (Å²) in [6.07, 6.45) is 6.65. The van der Waals surface area contributed by atoms with Crippen LogP contribution in [-0.2, 0) is 4.79 Å². The van der Waals surface area contributed by atoms with Gasteiger partial charge in [-0.05, 0) is 24.3 Å². The molecule has 0 unspecified atom stereocenters. The second-order valence-corrected chi connectivity index (χ2v) is 5.38. The summed E-state index contributed by atoms with van der Waals surface area (Å²) in [5.41, 5.74) is 6.36. The van der Waals surface area contributed by atoms with Gasteiger partial charge in [0.05, 0.1) is 5.56 Å². The molecule has 2 heterocycles. The molecular weight excluding hydrogens is 318 g/mol. The van der Waals surface area contributed by atoms with Gasteiger partial charge in [0.2, 0.25) is 5.91 Å². The van der Waals surface area contributed by atoms with Crippen molar-refractivity contribution in [3.05, 3.63) is 72.9 Å². The topological polar surface area (TPSA) is 94.1 Å². The van der Waals surface area contributed by atoms with Crippen molar-refractivity contribution in [3.8, 4) is 5.82 Å². The lowest BCUT2D eigenvalue weighted by Crippen LogP contribution is -2.34. The van der Waals surface area contributed by atoms with Crippen molar-refractivity contribution in [3.63, 3.8) is 0 Å². The number of amides is 2. The van der Waals surface area contributed by atoms with Crippen LogP contribution in [0.1, 0.15) is 16.8 Å². The van der Waals surface area contributed by atoms with Crippen molar-refractivity contribution in [2.24, 2.45) is 5.73 Å². The van der Waals surface area contributed by atoms with Crippen LogP contribution in [0.5, 0.6) is 0 Å². The van der Waals surface area contributed by atoms with E-state index in [9.17, 15) is 9.59 Å². The molecule has 0 fully saturated rings. The average molecular weight is 335 g/mol. The molecule has 7 nitrogen and oxygen atoms in total. The van der Waals surface area contributed by atoms with Gasteiger partial charge in [0.15, 0.2) is 0 Å². The van der Waals surface area contributed by atoms with Gasteiger partial charge in [-0.2, -0.15) is 0 Å². The lowest BCUT2D eigenvalue weighted by molar-refractivity contribution is -0.117. The minimum absolute atomic E-state index is 0.0845. The molecule has 2 aromatic heterocycles. The Morgan fingerprint density at radius 2 is 1.92 bits per heavy atom. The number of nitrogens with two attached hydrogens (primary N) is 1. The van der Waals surface area contributed by atoms with Crippen molar-refractivity contribution in [2.75, 3.05) is 11.4 Å². The molecule has 3 aromatic rings. The highest BCUT2D eigenvalue weighted by Crippen LogP contribution is 2.17. The van der Waals surface area contributed by atoms with Gasteiger partial charge in [-0.15, -0.1) is 0 Å². The van der Waals surface area contributed by atoms with Crippen molar-refractivity contribution >= 4 is 17.5 Å². The number of para-hydroxylation sites is 1. The predicted molar refractivity (Wildman–Crippen MR) is 93.3 cm³/mol. The van der Waals surface area contributed by atoms with Crippen LogP contribution in [0.15, 0.2) is 67.4 Å². The number of carbonyl (C=O) groups is 2. The third-order valence-corrected chi connectivity index (χ3v) is 3.66. The Morgan fingerprint density at radius 3 is 2.52 bits per heavy atom. The standard InChI is InChI=1S/C18H17N5O2/c19-16(24)8-10-23(15-4-2-1-3-5-15)18(25)14-6-7-17(21-12-14)22-11-9-20-13-22/h1-7,9,11-13H,8,10H2,(H2,19,24). The molecule has 0 atom stereocenters. The number of rotatable bonds is 6. The molecule has 0 aliphatic heterocycles. The van der Waals surface area contributed by atoms with Gasteiger partial charge in [-0.1, -0.05) is 18.2 Å². The third-order valence-electron chi connectivity index (χ3n) is 3.66. The number of carbonyl (C=O) groups excluding carboxylic acids is 2. The number of aromatic nitrogens is 3. The van der Waals surface area contributed by atoms with Gasteiger partial charge >= 0.3 is 0 Å². The third kappa shape index (κ3) is 3.89. The zero-order chi connectivity index (χ0) is 17.6. The van der Waals surface area contributed by atoms with E-state index in [0.717, 1.165) is 0 Å². The first-order valence-electron chi connectivity index (χ1n) is 7.75. The summed E-state index contributed by atoms with van der Waals surface area (Å²) in [5.74, 6) is -0.0307. The summed E-state index contributed by atoms with van der Waals surface area (Å²) in [5, 5.41) is 0. The van der Waals surface area contributed by atoms with E-state index in [-0.39, 0.29) is 18.9 Å². The molecule has 126 valence electrons. The molecule has 1 aromatic carbocycles. The molecule has 0 saturated heterocycles. The average Bonchev–Trinajstić information content (AvgIpc) is 3.17. The lowest BCUT2D eigenvalue weighted by Gasteiger charge is -2.22. The Hall–Kier alpha value is -3.48. The van der Waals surface area contributed by atoms with E-state index in [1.807, 2.05) is 30.3 Å². The number of hydrogen-bond acceptors (Lipinski definition) is 4. The van der Waals surface area contributed by atoms with Crippen molar-refractivity contribution in [1.82, 2.24) is 14.5 Å². The summed E-state index contributed by atoms with van der Waals surface area (Å²) in [6, 6.07) is 12.6. The number of imidazole rings is 1. The molecule has 0 spiro atoms. The Morgan fingerprint density at radius 1 is 1.12 bits per heavy atom. The SMILES string of the molecule is NC(=O)CCN(C(=O)c1ccc(-n2ccnc2)nc1)c1ccccc1. The van der Waals surface area contributed by atoms with Crippen molar-refractivity contribution in [1.29, 1.82) is 0 Å². The van der Waals surface area contributed by atoms with E-state index in [1.54, 1.807) is 35.4 Å². The number of hydrogen-bond donors (Lipinski definition) is 1. The number of anilines is 1. The molecule has 0 aliphatic carbocycles. The van der Waals surface area contributed by atoms with Crippen molar-refractivity contribution in [2.45, 2.75) is 6.42 Å². The molecule has 25 heavy (non-hydrogen) atoms. The number of pyridine rings is 1. The molecule has 7 heteroatoms. The Balaban J connectivity index is 1.85. The lowest BCUT2D eigenvalue weighted by atomic mass is 10.2. The molecule has 3 rings (SSSR count). The molecule has 0 aliphatic rings. The predicted octanol–water partition coefficient (Wildman–Crippen LogP) is 1.79. The quantitative estimate of drug-likeness (QED) is 0.743. The highest BCUT2D eigenvalue weighted by Gasteiger charge is 2.18. The fourth-order valence-corrected chi connectivity index (χ4v) is 2.39. The summed E-state index contributed by atoms with van der Waals surface area (Å²) in [4.78, 5) is 33.8. The Labute approximate surface area is 144 Å². The van der Waals surface area contributed by atoms with Crippen LogP contribution in [0.3, 0.4) is 0 Å². The van der Waals surface area contributed by atoms with E-state index < -0.39 is 5.91 Å². The van der Waals surface area contributed by atoms with Gasteiger partial charge in [0, 0.05) is 37.2 Å². The second kappa shape index (κ2) is 7.39. The zero-order valence-corrected chi connectivity index (χ0v) is 13.4. The van der Waals surface area contributed by atoms with Crippen LogP contribution in [0.2, 0.25) is 0 Å². The van der Waals surface area contributed by atoms with Gasteiger partial charge in [0.1, 0.15) is 12.1 Å². The minimum Gasteiger partial charge on any atom is -0.370 e. The summed E-state index contributed by atoms with van der Waals surface area (Å²) in [7, 11) is 0. The molecule has 2 N–H and O–H groups in total. The van der Waals surface area contributed by atoms with E-state index in [0.29, 0.717) is 17.1 Å². The molecule has 0 radical (unpaired) electrons. The van der Waals surface area contributed by atoms with Crippen LogP contribution >= 0.6 is 0 Å². The number of primary amides is 1. The van der Waals surface area contributed by atoms with Crippen LogP contribution < -0.4 is 10.6 Å². The highest BCUT2D eigenvalue weighted by molar-refractivity contribution is 6.06. The fourth-order valence-electron chi connectivity index (χ4n) is 2.39. The maximum atomic E-state index is 12.9. The molecule has 0 bridgehead atoms. The van der Waals surface area contributed by atoms with Gasteiger partial charge < -0.3 is 10.6 Å². The summed E-state index contributed by atoms with van der Waals surface area (Å²) in [6.45, 7) is 0.210. The highest BCUT2D eigenvalue weighted by atomic mass is 16.2. The van der Waals surface area contributed by atoms with Crippen molar-refractivity contribution < 1.29 is 9.59 Å².